The number of methoxy groups -OCH3 is 1. The highest BCUT2D eigenvalue weighted by Gasteiger charge is 2.44. The maximum Gasteiger partial charge on any atom is 0.283 e. The molecule has 3 aromatic carbocycles. The molecule has 1 N–H and O–H groups in total. The highest BCUT2D eigenvalue weighted by Crippen LogP contribution is 2.38. The van der Waals surface area contributed by atoms with Crippen molar-refractivity contribution in [2.24, 2.45) is 0 Å². The number of imide groups is 1. The second kappa shape index (κ2) is 10.3. The van der Waals surface area contributed by atoms with Crippen molar-refractivity contribution in [3.8, 4) is 5.75 Å². The van der Waals surface area contributed by atoms with Crippen LogP contribution in [0.15, 0.2) is 89.6 Å². The van der Waals surface area contributed by atoms with E-state index >= 15 is 0 Å². The molecule has 0 atom stereocenters. The molecule has 0 aromatic heterocycles. The average molecular weight is 523 g/mol. The Bertz CT molecular complexity index is 1270. The first-order valence-corrected chi connectivity index (χ1v) is 12.6. The molecule has 184 valence electrons. The van der Waals surface area contributed by atoms with Gasteiger partial charge in [0.1, 0.15) is 22.5 Å². The molecule has 2 aliphatic rings. The van der Waals surface area contributed by atoms with Gasteiger partial charge in [0.15, 0.2) is 0 Å². The number of hydrogen-bond donors (Lipinski definition) is 1. The van der Waals surface area contributed by atoms with Crippen molar-refractivity contribution < 1.29 is 19.2 Å². The fourth-order valence-electron chi connectivity index (χ4n) is 5.08. The highest BCUT2D eigenvalue weighted by atomic mass is 35.5. The lowest BCUT2D eigenvalue weighted by molar-refractivity contribution is -0.929. The summed E-state index contributed by atoms with van der Waals surface area (Å²) in [5.74, 6) is -0.662. The molecule has 6 nitrogen and oxygen atoms in total. The van der Waals surface area contributed by atoms with Crippen molar-refractivity contribution in [2.75, 3.05) is 38.2 Å². The van der Waals surface area contributed by atoms with Crippen LogP contribution in [-0.2, 0) is 9.59 Å². The number of halogens is 2. The molecule has 3 aromatic rings. The third-order valence-electron chi connectivity index (χ3n) is 6.78. The van der Waals surface area contributed by atoms with Crippen LogP contribution in [0.2, 0.25) is 5.02 Å². The van der Waals surface area contributed by atoms with Crippen LogP contribution in [0, 0.1) is 0 Å². The normalized spacial score (nSPS) is 16.9. The van der Waals surface area contributed by atoms with Crippen molar-refractivity contribution in [3.63, 3.8) is 0 Å². The molecular weight excluding hydrogens is 497 g/mol. The molecule has 2 amide bonds. The molecule has 1 fully saturated rings. The number of carbonyl (C=O) groups is 2. The minimum atomic E-state index is -0.571. The van der Waals surface area contributed by atoms with Gasteiger partial charge in [0, 0.05) is 16.1 Å². The Labute approximate surface area is 220 Å². The fraction of sp³-hybridized carbons (Fsp3) is 0.214. The summed E-state index contributed by atoms with van der Waals surface area (Å²) in [7, 11) is 1.48. The monoisotopic (exact) mass is 522 g/mol. The average Bonchev–Trinajstić information content (AvgIpc) is 3.13. The van der Waals surface area contributed by atoms with Crippen molar-refractivity contribution in [1.82, 2.24) is 4.90 Å². The standard InChI is InChI=1S/C28H25Cl2N3O3/c1-36-23-13-12-21(29)18-22(23)33-27(34)24(30)26(28(33)35)32-16-14-31(15-17-32)25(19-8-4-2-5-9-19)20-10-6-3-7-11-20/h2-13,18,25H,14-17H2,1H3/p+1. The van der Waals surface area contributed by atoms with Crippen LogP contribution in [0.1, 0.15) is 17.2 Å². The smallest absolute Gasteiger partial charge is 0.283 e. The second-order valence-corrected chi connectivity index (χ2v) is 9.64. The van der Waals surface area contributed by atoms with Gasteiger partial charge in [-0.05, 0) is 18.2 Å². The van der Waals surface area contributed by atoms with Crippen molar-refractivity contribution >= 4 is 40.7 Å². The summed E-state index contributed by atoms with van der Waals surface area (Å²) in [6, 6.07) is 25.9. The van der Waals surface area contributed by atoms with E-state index in [4.69, 9.17) is 27.9 Å². The number of anilines is 1. The summed E-state index contributed by atoms with van der Waals surface area (Å²) in [6.45, 7) is 2.75. The van der Waals surface area contributed by atoms with Gasteiger partial charge in [-0.2, -0.15) is 0 Å². The summed E-state index contributed by atoms with van der Waals surface area (Å²) in [4.78, 5) is 30.9. The molecule has 0 saturated carbocycles. The number of benzene rings is 3. The summed E-state index contributed by atoms with van der Waals surface area (Å²) in [5, 5.41) is 0.314. The van der Waals surface area contributed by atoms with Crippen molar-refractivity contribution in [1.29, 1.82) is 0 Å². The van der Waals surface area contributed by atoms with Crippen LogP contribution in [0.4, 0.5) is 5.69 Å². The van der Waals surface area contributed by atoms with Gasteiger partial charge in [-0.3, -0.25) is 9.59 Å². The molecule has 0 spiro atoms. The van der Waals surface area contributed by atoms with E-state index < -0.39 is 11.8 Å². The molecule has 8 heteroatoms. The fourth-order valence-corrected chi connectivity index (χ4v) is 5.53. The molecule has 5 rings (SSSR count). The molecule has 36 heavy (non-hydrogen) atoms. The Morgan fingerprint density at radius 1 is 0.833 bits per heavy atom. The Hall–Kier alpha value is -3.32. The first-order chi connectivity index (χ1) is 17.5. The highest BCUT2D eigenvalue weighted by molar-refractivity contribution is 6.52. The van der Waals surface area contributed by atoms with Gasteiger partial charge in [-0.15, -0.1) is 0 Å². The SMILES string of the molecule is COc1ccc(Cl)cc1N1C(=O)C(Cl)=C(N2CC[NH+](C(c3ccccc3)c3ccccc3)CC2)C1=O. The Morgan fingerprint density at radius 2 is 1.42 bits per heavy atom. The molecule has 0 unspecified atom stereocenters. The number of amides is 2. The number of quaternary nitrogens is 1. The number of ether oxygens (including phenoxy) is 1. The summed E-state index contributed by atoms with van der Waals surface area (Å²) in [5.41, 5.74) is 3.01. The Balaban J connectivity index is 1.38. The molecule has 2 aliphatic heterocycles. The van der Waals surface area contributed by atoms with Gasteiger partial charge in [0.05, 0.1) is 39.0 Å². The largest absolute Gasteiger partial charge is 0.495 e. The van der Waals surface area contributed by atoms with Crippen molar-refractivity contribution in [3.05, 3.63) is 106 Å². The van der Waals surface area contributed by atoms with Crippen LogP contribution in [0.3, 0.4) is 0 Å². The number of nitrogens with zero attached hydrogens (tertiary/aromatic N) is 2. The molecule has 0 radical (unpaired) electrons. The van der Waals surface area contributed by atoms with Gasteiger partial charge in [0.25, 0.3) is 11.8 Å². The lowest BCUT2D eigenvalue weighted by Gasteiger charge is -2.38. The van der Waals surface area contributed by atoms with E-state index in [0.717, 1.165) is 18.0 Å². The minimum absolute atomic E-state index is 0.0758. The van der Waals surface area contributed by atoms with Gasteiger partial charge in [-0.1, -0.05) is 83.9 Å². The summed E-state index contributed by atoms with van der Waals surface area (Å²) < 4.78 is 5.37. The number of hydrogen-bond acceptors (Lipinski definition) is 4. The maximum absolute atomic E-state index is 13.5. The first kappa shape index (κ1) is 24.4. The maximum atomic E-state index is 13.5. The van der Waals surface area contributed by atoms with Crippen LogP contribution in [0.5, 0.6) is 5.75 Å². The molecule has 2 heterocycles. The van der Waals surface area contributed by atoms with Crippen LogP contribution >= 0.6 is 23.2 Å². The van der Waals surface area contributed by atoms with Gasteiger partial charge in [-0.25, -0.2) is 4.90 Å². The minimum Gasteiger partial charge on any atom is -0.495 e. The van der Waals surface area contributed by atoms with Gasteiger partial charge in [0.2, 0.25) is 0 Å². The Morgan fingerprint density at radius 3 is 1.97 bits per heavy atom. The molecular formula is C28H26Cl2N3O3+. The summed E-state index contributed by atoms with van der Waals surface area (Å²) >= 11 is 12.6. The first-order valence-electron chi connectivity index (χ1n) is 11.8. The number of nitrogens with one attached hydrogen (secondary N) is 1. The zero-order valence-corrected chi connectivity index (χ0v) is 21.3. The predicted octanol–water partition coefficient (Wildman–Crippen LogP) is 3.66. The predicted molar refractivity (Wildman–Crippen MR) is 140 cm³/mol. The van der Waals surface area contributed by atoms with Crippen LogP contribution < -0.4 is 14.5 Å². The van der Waals surface area contributed by atoms with Gasteiger partial charge < -0.3 is 14.5 Å². The molecule has 1 saturated heterocycles. The molecule has 0 bridgehead atoms. The van der Waals surface area contributed by atoms with E-state index in [2.05, 4.69) is 48.5 Å². The topological polar surface area (TPSA) is 54.3 Å². The van der Waals surface area contributed by atoms with E-state index in [-0.39, 0.29) is 22.5 Å². The van der Waals surface area contributed by atoms with E-state index in [1.807, 2.05) is 17.0 Å². The van der Waals surface area contributed by atoms with E-state index in [1.165, 1.54) is 29.2 Å². The van der Waals surface area contributed by atoms with E-state index in [1.54, 1.807) is 12.1 Å². The van der Waals surface area contributed by atoms with E-state index in [0.29, 0.717) is 23.9 Å². The van der Waals surface area contributed by atoms with Gasteiger partial charge >= 0.3 is 0 Å². The summed E-state index contributed by atoms with van der Waals surface area (Å²) in [6.07, 6.45) is 0. The quantitative estimate of drug-likeness (QED) is 0.502. The second-order valence-electron chi connectivity index (χ2n) is 8.82. The number of carbonyl (C=O) groups excluding carboxylic acids is 2. The molecule has 0 aliphatic carbocycles. The lowest BCUT2D eigenvalue weighted by atomic mass is 9.96. The zero-order valence-electron chi connectivity index (χ0n) is 19.8. The third kappa shape index (κ3) is 4.48. The Kier molecular flexibility index (Phi) is 7.01. The van der Waals surface area contributed by atoms with E-state index in [9.17, 15) is 9.59 Å². The zero-order chi connectivity index (χ0) is 25.2. The van der Waals surface area contributed by atoms with Crippen LogP contribution in [0.25, 0.3) is 0 Å². The number of piperazine rings is 1. The van der Waals surface area contributed by atoms with Crippen molar-refractivity contribution in [2.45, 2.75) is 6.04 Å². The number of rotatable bonds is 6. The lowest BCUT2D eigenvalue weighted by Crippen LogP contribution is -3.15. The van der Waals surface area contributed by atoms with Crippen LogP contribution in [-0.4, -0.2) is 50.0 Å². The third-order valence-corrected chi connectivity index (χ3v) is 7.36.